The van der Waals surface area contributed by atoms with E-state index >= 15 is 0 Å². The summed E-state index contributed by atoms with van der Waals surface area (Å²) in [6, 6.07) is 9.10. The Morgan fingerprint density at radius 2 is 2.00 bits per heavy atom. The quantitative estimate of drug-likeness (QED) is 0.444. The van der Waals surface area contributed by atoms with E-state index in [2.05, 4.69) is 16.7 Å². The molecule has 186 valence electrons. The minimum Gasteiger partial charge on any atom is -0.476 e. The van der Waals surface area contributed by atoms with E-state index in [9.17, 15) is 23.2 Å². The van der Waals surface area contributed by atoms with Crippen LogP contribution in [0.1, 0.15) is 41.0 Å². The molecule has 1 aromatic carbocycles. The highest BCUT2D eigenvalue weighted by molar-refractivity contribution is 5.97. The molecule has 0 radical (unpaired) electrons. The molecular weight excluding hydrogens is 475 g/mol. The summed E-state index contributed by atoms with van der Waals surface area (Å²) in [5.74, 6) is -0.407. The number of nitrogens with zero attached hydrogens (tertiary/aromatic N) is 5. The van der Waals surface area contributed by atoms with Crippen molar-refractivity contribution in [3.8, 4) is 23.4 Å². The molecule has 0 saturated heterocycles. The Morgan fingerprint density at radius 3 is 2.64 bits per heavy atom. The van der Waals surface area contributed by atoms with Gasteiger partial charge in [-0.15, -0.1) is 0 Å². The van der Waals surface area contributed by atoms with Crippen LogP contribution in [0.5, 0.6) is 11.6 Å². The molecule has 0 spiro atoms. The van der Waals surface area contributed by atoms with Gasteiger partial charge in [-0.25, -0.2) is 9.67 Å². The number of carbonyl (C=O) groups excluding carboxylic acids is 1. The Kier molecular flexibility index (Phi) is 6.70. The second kappa shape index (κ2) is 9.73. The van der Waals surface area contributed by atoms with Gasteiger partial charge in [0.05, 0.1) is 41.2 Å². The van der Waals surface area contributed by atoms with Gasteiger partial charge < -0.3 is 14.4 Å². The van der Waals surface area contributed by atoms with E-state index < -0.39 is 18.2 Å². The number of amides is 1. The van der Waals surface area contributed by atoms with Gasteiger partial charge in [-0.05, 0) is 44.2 Å². The first-order chi connectivity index (χ1) is 17.1. The van der Waals surface area contributed by atoms with Gasteiger partial charge in [-0.3, -0.25) is 4.79 Å². The minimum absolute atomic E-state index is 0.0405. The third-order valence-electron chi connectivity index (χ3n) is 5.34. The maximum atomic E-state index is 13.3. The SMILES string of the molecule is C=CC(Oc1ccc(C#N)cc1C(=O)N1Cc2cn(-c3ccnc(OC(C)C)c3)nc2C1)C(F)(F)F. The Balaban J connectivity index is 1.56. The first-order valence-corrected chi connectivity index (χ1v) is 11.0. The number of nitriles is 1. The van der Waals surface area contributed by atoms with Gasteiger partial charge in [0.15, 0.2) is 0 Å². The highest BCUT2D eigenvalue weighted by Crippen LogP contribution is 2.32. The van der Waals surface area contributed by atoms with Crippen molar-refractivity contribution < 1.29 is 27.4 Å². The highest BCUT2D eigenvalue weighted by atomic mass is 19.4. The van der Waals surface area contributed by atoms with Crippen molar-refractivity contribution in [2.45, 2.75) is 45.3 Å². The fourth-order valence-electron chi connectivity index (χ4n) is 3.70. The fraction of sp³-hybridized carbons (Fsp3) is 0.280. The van der Waals surface area contributed by atoms with E-state index in [0.717, 1.165) is 11.3 Å². The minimum atomic E-state index is -4.71. The third-order valence-corrected chi connectivity index (χ3v) is 5.34. The number of hydrogen-bond donors (Lipinski definition) is 0. The zero-order valence-corrected chi connectivity index (χ0v) is 19.5. The van der Waals surface area contributed by atoms with Crippen LogP contribution < -0.4 is 9.47 Å². The average Bonchev–Trinajstić information content (AvgIpc) is 3.41. The topological polar surface area (TPSA) is 93.3 Å². The summed E-state index contributed by atoms with van der Waals surface area (Å²) in [6.07, 6.45) is -3.07. The summed E-state index contributed by atoms with van der Waals surface area (Å²) in [6.45, 7) is 7.29. The smallest absolute Gasteiger partial charge is 0.429 e. The van der Waals surface area contributed by atoms with Crippen LogP contribution in [0, 0.1) is 11.3 Å². The molecule has 2 aromatic heterocycles. The lowest BCUT2D eigenvalue weighted by Crippen LogP contribution is -2.33. The molecule has 0 saturated carbocycles. The molecule has 0 N–H and O–H groups in total. The largest absolute Gasteiger partial charge is 0.476 e. The number of benzene rings is 1. The number of pyridine rings is 1. The van der Waals surface area contributed by atoms with Crippen LogP contribution in [0.15, 0.2) is 55.4 Å². The van der Waals surface area contributed by atoms with Gasteiger partial charge in [-0.1, -0.05) is 6.58 Å². The monoisotopic (exact) mass is 497 g/mol. The van der Waals surface area contributed by atoms with Crippen LogP contribution in [0.25, 0.3) is 5.69 Å². The standard InChI is InChI=1S/C25H22F3N5O3/c1-4-22(25(26,27)28)36-21-6-5-16(11-29)9-19(21)24(34)32-12-17-13-33(31-20(17)14-32)18-7-8-30-23(10-18)35-15(2)3/h4-10,13,15,22H,1,12,14H2,2-3H3. The molecule has 4 rings (SSSR count). The number of rotatable bonds is 7. The Labute approximate surface area is 205 Å². The molecule has 0 aliphatic carbocycles. The molecule has 8 nitrogen and oxygen atoms in total. The second-order valence-corrected chi connectivity index (χ2v) is 8.36. The lowest BCUT2D eigenvalue weighted by molar-refractivity contribution is -0.180. The van der Waals surface area contributed by atoms with E-state index in [0.29, 0.717) is 17.6 Å². The van der Waals surface area contributed by atoms with Crippen LogP contribution >= 0.6 is 0 Å². The number of aromatic nitrogens is 3. The average molecular weight is 497 g/mol. The summed E-state index contributed by atoms with van der Waals surface area (Å²) in [7, 11) is 0. The predicted molar refractivity (Wildman–Crippen MR) is 123 cm³/mol. The Hall–Kier alpha value is -4.33. The number of carbonyl (C=O) groups is 1. The normalized spacial score (nSPS) is 13.8. The second-order valence-electron chi connectivity index (χ2n) is 8.36. The summed E-state index contributed by atoms with van der Waals surface area (Å²) < 4.78 is 52.0. The van der Waals surface area contributed by atoms with E-state index in [1.54, 1.807) is 29.2 Å². The third kappa shape index (κ3) is 5.17. The maximum Gasteiger partial charge on any atom is 0.429 e. The van der Waals surface area contributed by atoms with E-state index in [-0.39, 0.29) is 36.1 Å². The summed E-state index contributed by atoms with van der Waals surface area (Å²) in [5.41, 5.74) is 2.13. The van der Waals surface area contributed by atoms with Crippen molar-refractivity contribution >= 4 is 5.91 Å². The zero-order valence-electron chi connectivity index (χ0n) is 19.5. The van der Waals surface area contributed by atoms with E-state index in [1.807, 2.05) is 19.9 Å². The molecule has 1 atom stereocenters. The van der Waals surface area contributed by atoms with Crippen LogP contribution in [0.2, 0.25) is 0 Å². The molecule has 1 aliphatic rings. The van der Waals surface area contributed by atoms with Crippen molar-refractivity contribution in [3.05, 3.63) is 77.8 Å². The fourth-order valence-corrected chi connectivity index (χ4v) is 3.70. The molecule has 1 aliphatic heterocycles. The zero-order chi connectivity index (χ0) is 26.0. The van der Waals surface area contributed by atoms with Gasteiger partial charge in [-0.2, -0.15) is 23.5 Å². The number of ether oxygens (including phenoxy) is 2. The van der Waals surface area contributed by atoms with E-state index in [4.69, 9.17) is 9.47 Å². The van der Waals surface area contributed by atoms with Gasteiger partial charge >= 0.3 is 6.18 Å². The van der Waals surface area contributed by atoms with Crippen LogP contribution in [-0.2, 0) is 13.1 Å². The molecule has 0 bridgehead atoms. The lowest BCUT2D eigenvalue weighted by atomic mass is 10.1. The van der Waals surface area contributed by atoms with Crippen LogP contribution in [0.3, 0.4) is 0 Å². The number of alkyl halides is 3. The molecule has 1 amide bonds. The first-order valence-electron chi connectivity index (χ1n) is 11.0. The number of halogens is 3. The Morgan fingerprint density at radius 1 is 1.22 bits per heavy atom. The summed E-state index contributed by atoms with van der Waals surface area (Å²) in [4.78, 5) is 18.9. The van der Waals surface area contributed by atoms with Gasteiger partial charge in [0, 0.05) is 30.6 Å². The molecule has 3 heterocycles. The van der Waals surface area contributed by atoms with Gasteiger partial charge in [0.25, 0.3) is 5.91 Å². The van der Waals surface area contributed by atoms with E-state index in [1.165, 1.54) is 23.1 Å². The molecule has 0 fully saturated rings. The van der Waals surface area contributed by atoms with Crippen molar-refractivity contribution in [3.63, 3.8) is 0 Å². The molecule has 3 aromatic rings. The molecular formula is C25H22F3N5O3. The first kappa shape index (κ1) is 24.8. The van der Waals surface area contributed by atoms with Crippen LogP contribution in [-0.4, -0.2) is 44.0 Å². The number of fused-ring (bicyclic) bond motifs is 1. The predicted octanol–water partition coefficient (Wildman–Crippen LogP) is 4.58. The highest BCUT2D eigenvalue weighted by Gasteiger charge is 2.40. The van der Waals surface area contributed by atoms with Crippen LogP contribution in [0.4, 0.5) is 13.2 Å². The molecule has 1 unspecified atom stereocenters. The number of hydrogen-bond acceptors (Lipinski definition) is 6. The molecule has 36 heavy (non-hydrogen) atoms. The van der Waals surface area contributed by atoms with Crippen molar-refractivity contribution in [2.24, 2.45) is 0 Å². The summed E-state index contributed by atoms with van der Waals surface area (Å²) in [5, 5.41) is 13.8. The van der Waals surface area contributed by atoms with Crippen molar-refractivity contribution in [2.75, 3.05) is 0 Å². The molecule has 11 heteroatoms. The van der Waals surface area contributed by atoms with Gasteiger partial charge in [0.1, 0.15) is 5.75 Å². The lowest BCUT2D eigenvalue weighted by Gasteiger charge is -2.22. The van der Waals surface area contributed by atoms with Crippen molar-refractivity contribution in [1.82, 2.24) is 19.7 Å². The van der Waals surface area contributed by atoms with Gasteiger partial charge in [0.2, 0.25) is 12.0 Å². The van der Waals surface area contributed by atoms with Crippen molar-refractivity contribution in [1.29, 1.82) is 5.26 Å². The summed E-state index contributed by atoms with van der Waals surface area (Å²) >= 11 is 0. The Bertz CT molecular complexity index is 1320. The maximum absolute atomic E-state index is 13.3.